The van der Waals surface area contributed by atoms with Crippen LogP contribution in [-0.4, -0.2) is 31.1 Å². The Morgan fingerprint density at radius 3 is 2.90 bits per heavy atom. The first-order valence-corrected chi connectivity index (χ1v) is 3.39. The Hall–Kier alpha value is 0.170. The summed E-state index contributed by atoms with van der Waals surface area (Å²) >= 11 is 0. The Balaban J connectivity index is 0.000000810. The molecule has 0 aromatic heterocycles. The third-order valence-electron chi connectivity index (χ3n) is 1.42. The zero-order chi connectivity index (χ0) is 6.53. The molecule has 1 saturated heterocycles. The van der Waals surface area contributed by atoms with E-state index in [1.54, 1.807) is 0 Å². The van der Waals surface area contributed by atoms with Crippen LogP contribution in [0.3, 0.4) is 0 Å². The highest BCUT2D eigenvalue weighted by molar-refractivity contribution is 5.85. The van der Waals surface area contributed by atoms with Crippen LogP contribution >= 0.6 is 12.4 Å². The van der Waals surface area contributed by atoms with Gasteiger partial charge in [-0.05, 0) is 12.8 Å². The normalized spacial score (nSPS) is 24.3. The van der Waals surface area contributed by atoms with E-state index in [0.717, 1.165) is 26.0 Å². The van der Waals surface area contributed by atoms with Gasteiger partial charge in [0.05, 0.1) is 6.61 Å². The zero-order valence-electron chi connectivity index (χ0n) is 5.88. The minimum absolute atomic E-state index is 0. The number of nitrogens with one attached hydrogen (secondary N) is 1. The molecule has 3 nitrogen and oxygen atoms in total. The Labute approximate surface area is 67.2 Å². The molecular formula is C6H14ClNO2. The number of hydrogen-bond acceptors (Lipinski definition) is 3. The average molecular weight is 168 g/mol. The summed E-state index contributed by atoms with van der Waals surface area (Å²) in [5, 5.41) is 11.6. The largest absolute Gasteiger partial charge is 0.396 e. The van der Waals surface area contributed by atoms with Crippen molar-refractivity contribution in [2.45, 2.75) is 19.1 Å². The fourth-order valence-electron chi connectivity index (χ4n) is 0.942. The molecule has 1 fully saturated rings. The molecule has 0 aliphatic carbocycles. The van der Waals surface area contributed by atoms with Crippen molar-refractivity contribution in [3.63, 3.8) is 0 Å². The van der Waals surface area contributed by atoms with Crippen molar-refractivity contribution in [1.29, 1.82) is 0 Å². The number of ether oxygens (including phenoxy) is 1. The highest BCUT2D eigenvalue weighted by Crippen LogP contribution is 2.02. The molecule has 4 heteroatoms. The van der Waals surface area contributed by atoms with E-state index in [-0.39, 0.29) is 25.2 Å². The minimum Gasteiger partial charge on any atom is -0.396 e. The number of rotatable bonds is 3. The fraction of sp³-hybridized carbons (Fsp3) is 1.00. The summed E-state index contributed by atoms with van der Waals surface area (Å²) in [6.07, 6.45) is 1.96. The van der Waals surface area contributed by atoms with Crippen molar-refractivity contribution >= 4 is 12.4 Å². The molecule has 1 aliphatic rings. The first-order chi connectivity index (χ1) is 4.43. The maximum absolute atomic E-state index is 8.44. The van der Waals surface area contributed by atoms with Gasteiger partial charge in [0.1, 0.15) is 6.23 Å². The highest BCUT2D eigenvalue weighted by atomic mass is 35.5. The van der Waals surface area contributed by atoms with E-state index in [9.17, 15) is 0 Å². The van der Waals surface area contributed by atoms with Gasteiger partial charge in [-0.2, -0.15) is 0 Å². The summed E-state index contributed by atoms with van der Waals surface area (Å²) in [4.78, 5) is 0. The molecule has 0 bridgehead atoms. The van der Waals surface area contributed by atoms with Crippen LogP contribution < -0.4 is 5.32 Å². The lowest BCUT2D eigenvalue weighted by Gasteiger charge is -2.06. The molecule has 1 heterocycles. The van der Waals surface area contributed by atoms with Crippen LogP contribution in [0.1, 0.15) is 12.8 Å². The van der Waals surface area contributed by atoms with E-state index in [4.69, 9.17) is 9.84 Å². The second-order valence-corrected chi connectivity index (χ2v) is 2.18. The summed E-state index contributed by atoms with van der Waals surface area (Å²) in [6, 6.07) is 0. The Kier molecular flexibility index (Phi) is 6.02. The molecule has 0 radical (unpaired) electrons. The average Bonchev–Trinajstić information content (AvgIpc) is 2.34. The van der Waals surface area contributed by atoms with Gasteiger partial charge in [-0.25, -0.2) is 0 Å². The van der Waals surface area contributed by atoms with Crippen LogP contribution in [0.4, 0.5) is 0 Å². The molecule has 0 aromatic carbocycles. The first kappa shape index (κ1) is 10.2. The van der Waals surface area contributed by atoms with Crippen LogP contribution in [0.5, 0.6) is 0 Å². The van der Waals surface area contributed by atoms with E-state index >= 15 is 0 Å². The van der Waals surface area contributed by atoms with Gasteiger partial charge in [0.15, 0.2) is 0 Å². The van der Waals surface area contributed by atoms with Crippen molar-refractivity contribution in [3.8, 4) is 0 Å². The van der Waals surface area contributed by atoms with Gasteiger partial charge in [0, 0.05) is 13.2 Å². The minimum atomic E-state index is 0. The van der Waals surface area contributed by atoms with E-state index in [1.165, 1.54) is 0 Å². The maximum Gasteiger partial charge on any atom is 0.108 e. The highest BCUT2D eigenvalue weighted by Gasteiger charge is 2.12. The lowest BCUT2D eigenvalue weighted by Crippen LogP contribution is -2.22. The molecule has 1 aliphatic heterocycles. The summed E-state index contributed by atoms with van der Waals surface area (Å²) in [5.74, 6) is 0. The molecule has 0 amide bonds. The smallest absolute Gasteiger partial charge is 0.108 e. The molecule has 62 valence electrons. The standard InChI is InChI=1S/C6H13NO2.ClH/c8-4-1-2-6-7-3-5-9-6;/h6-8H,1-5H2;1H. The lowest BCUT2D eigenvalue weighted by atomic mass is 10.3. The quantitative estimate of drug-likeness (QED) is 0.628. The van der Waals surface area contributed by atoms with Gasteiger partial charge in [0.2, 0.25) is 0 Å². The second-order valence-electron chi connectivity index (χ2n) is 2.18. The monoisotopic (exact) mass is 167 g/mol. The summed E-state index contributed by atoms with van der Waals surface area (Å²) < 4.78 is 5.23. The zero-order valence-corrected chi connectivity index (χ0v) is 6.69. The van der Waals surface area contributed by atoms with Gasteiger partial charge in [0.25, 0.3) is 0 Å². The van der Waals surface area contributed by atoms with E-state index in [0.29, 0.717) is 0 Å². The van der Waals surface area contributed by atoms with Crippen molar-refractivity contribution in [1.82, 2.24) is 5.32 Å². The number of aliphatic hydroxyl groups is 1. The van der Waals surface area contributed by atoms with E-state index in [1.807, 2.05) is 0 Å². The van der Waals surface area contributed by atoms with Crippen LogP contribution in [0, 0.1) is 0 Å². The lowest BCUT2D eigenvalue weighted by molar-refractivity contribution is 0.0872. The summed E-state index contributed by atoms with van der Waals surface area (Å²) in [5.41, 5.74) is 0. The third-order valence-corrected chi connectivity index (χ3v) is 1.42. The second kappa shape index (κ2) is 5.92. The van der Waals surface area contributed by atoms with Crippen molar-refractivity contribution in [3.05, 3.63) is 0 Å². The Bertz CT molecular complexity index is 76.1. The third kappa shape index (κ3) is 3.37. The van der Waals surface area contributed by atoms with Crippen LogP contribution in [-0.2, 0) is 4.74 Å². The number of aliphatic hydroxyl groups excluding tert-OH is 1. The molecule has 1 rings (SSSR count). The van der Waals surface area contributed by atoms with Crippen LogP contribution in [0.15, 0.2) is 0 Å². The van der Waals surface area contributed by atoms with Crippen molar-refractivity contribution < 1.29 is 9.84 Å². The number of hydrogen-bond donors (Lipinski definition) is 2. The summed E-state index contributed by atoms with van der Waals surface area (Å²) in [6.45, 7) is 2.04. The molecule has 10 heavy (non-hydrogen) atoms. The molecule has 2 N–H and O–H groups in total. The van der Waals surface area contributed by atoms with Gasteiger partial charge in [-0.3, -0.25) is 5.32 Å². The van der Waals surface area contributed by atoms with E-state index in [2.05, 4.69) is 5.32 Å². The van der Waals surface area contributed by atoms with Gasteiger partial charge in [-0.15, -0.1) is 12.4 Å². The maximum atomic E-state index is 8.44. The molecule has 0 spiro atoms. The van der Waals surface area contributed by atoms with Gasteiger partial charge < -0.3 is 9.84 Å². The predicted octanol–water partition coefficient (Wildman–Crippen LogP) is 0.127. The molecule has 1 atom stereocenters. The molecular weight excluding hydrogens is 154 g/mol. The fourth-order valence-corrected chi connectivity index (χ4v) is 0.942. The molecule has 1 unspecified atom stereocenters. The Morgan fingerprint density at radius 2 is 2.40 bits per heavy atom. The topological polar surface area (TPSA) is 41.5 Å². The summed E-state index contributed by atoms with van der Waals surface area (Å²) in [7, 11) is 0. The van der Waals surface area contributed by atoms with E-state index < -0.39 is 0 Å². The van der Waals surface area contributed by atoms with Crippen molar-refractivity contribution in [2.75, 3.05) is 19.8 Å². The van der Waals surface area contributed by atoms with Gasteiger partial charge in [-0.1, -0.05) is 0 Å². The Morgan fingerprint density at radius 1 is 1.60 bits per heavy atom. The molecule has 0 aromatic rings. The SMILES string of the molecule is Cl.OCCCC1NCCO1. The van der Waals surface area contributed by atoms with Crippen molar-refractivity contribution in [2.24, 2.45) is 0 Å². The first-order valence-electron chi connectivity index (χ1n) is 3.39. The van der Waals surface area contributed by atoms with Gasteiger partial charge >= 0.3 is 0 Å². The molecule has 0 saturated carbocycles. The number of halogens is 1. The van der Waals surface area contributed by atoms with Crippen LogP contribution in [0.2, 0.25) is 0 Å². The van der Waals surface area contributed by atoms with Crippen LogP contribution in [0.25, 0.3) is 0 Å². The predicted molar refractivity (Wildman–Crippen MR) is 41.3 cm³/mol.